The number of nitrogens with zero attached hydrogens (tertiary/aromatic N) is 2. The highest BCUT2D eigenvalue weighted by Crippen LogP contribution is 2.21. The van der Waals surface area contributed by atoms with Crippen LogP contribution in [0, 0.1) is 0 Å². The Kier molecular flexibility index (Phi) is 4.15. The van der Waals surface area contributed by atoms with Crippen molar-refractivity contribution in [3.05, 3.63) is 11.6 Å². The molecule has 0 saturated carbocycles. The van der Waals surface area contributed by atoms with Crippen LogP contribution in [0.25, 0.3) is 0 Å². The summed E-state index contributed by atoms with van der Waals surface area (Å²) in [7, 11) is 0. The van der Waals surface area contributed by atoms with Gasteiger partial charge >= 0.3 is 0 Å². The molecule has 0 unspecified atom stereocenters. The van der Waals surface area contributed by atoms with Crippen LogP contribution in [0.4, 0.5) is 5.13 Å². The summed E-state index contributed by atoms with van der Waals surface area (Å²) in [6.07, 6.45) is 4.12. The Hall–Kier alpha value is -0.650. The zero-order chi connectivity index (χ0) is 11.4. The summed E-state index contributed by atoms with van der Waals surface area (Å²) in [6.45, 7) is 4.35. The van der Waals surface area contributed by atoms with E-state index in [1.54, 1.807) is 11.3 Å². The van der Waals surface area contributed by atoms with E-state index < -0.39 is 0 Å². The van der Waals surface area contributed by atoms with Gasteiger partial charge in [-0.3, -0.25) is 0 Å². The number of nitrogens with one attached hydrogen (secondary N) is 1. The van der Waals surface area contributed by atoms with Crippen LogP contribution in [0.3, 0.4) is 0 Å². The maximum atomic E-state index is 8.99. The van der Waals surface area contributed by atoms with Gasteiger partial charge in [0.15, 0.2) is 5.13 Å². The van der Waals surface area contributed by atoms with Gasteiger partial charge in [-0.05, 0) is 19.8 Å². The van der Waals surface area contributed by atoms with E-state index in [2.05, 4.69) is 15.2 Å². The number of thiazole rings is 1. The Morgan fingerprint density at radius 1 is 1.62 bits per heavy atom. The van der Waals surface area contributed by atoms with Crippen molar-refractivity contribution < 1.29 is 5.11 Å². The summed E-state index contributed by atoms with van der Waals surface area (Å²) in [5.41, 5.74) is 0. The molecular formula is C11H19N3OS. The minimum Gasteiger partial charge on any atom is -0.395 e. The van der Waals surface area contributed by atoms with E-state index in [4.69, 9.17) is 5.11 Å². The van der Waals surface area contributed by atoms with Gasteiger partial charge in [0.25, 0.3) is 0 Å². The molecule has 0 bridgehead atoms. The maximum absolute atomic E-state index is 8.99. The van der Waals surface area contributed by atoms with Crippen molar-refractivity contribution in [2.75, 3.05) is 24.6 Å². The lowest BCUT2D eigenvalue weighted by molar-refractivity contribution is 0.233. The van der Waals surface area contributed by atoms with Gasteiger partial charge in [0.05, 0.1) is 6.61 Å². The van der Waals surface area contributed by atoms with Crippen molar-refractivity contribution in [1.29, 1.82) is 0 Å². The topological polar surface area (TPSA) is 48.4 Å². The summed E-state index contributed by atoms with van der Waals surface area (Å²) >= 11 is 1.70. The average molecular weight is 241 g/mol. The van der Waals surface area contributed by atoms with Crippen LogP contribution >= 0.6 is 11.3 Å². The second-order valence-corrected chi connectivity index (χ2v) is 5.20. The molecule has 1 aliphatic heterocycles. The molecule has 0 aliphatic carbocycles. The highest BCUT2D eigenvalue weighted by atomic mass is 32.1. The molecule has 1 aliphatic rings. The lowest BCUT2D eigenvalue weighted by Gasteiger charge is -2.33. The third kappa shape index (κ3) is 2.93. The van der Waals surface area contributed by atoms with Crippen LogP contribution in [-0.4, -0.2) is 41.9 Å². The summed E-state index contributed by atoms with van der Waals surface area (Å²) < 4.78 is 0. The van der Waals surface area contributed by atoms with Crippen LogP contribution in [0.1, 0.15) is 19.8 Å². The van der Waals surface area contributed by atoms with Crippen LogP contribution in [0.2, 0.25) is 0 Å². The molecule has 16 heavy (non-hydrogen) atoms. The van der Waals surface area contributed by atoms with E-state index >= 15 is 0 Å². The molecule has 0 aromatic carbocycles. The molecule has 90 valence electrons. The zero-order valence-electron chi connectivity index (χ0n) is 9.59. The van der Waals surface area contributed by atoms with Gasteiger partial charge in [0.1, 0.15) is 0 Å². The van der Waals surface area contributed by atoms with Crippen LogP contribution in [-0.2, 0) is 0 Å². The molecule has 0 amide bonds. The first kappa shape index (κ1) is 11.8. The number of aromatic nitrogens is 1. The van der Waals surface area contributed by atoms with E-state index in [1.807, 2.05) is 18.5 Å². The number of aliphatic hydroxyl groups excluding tert-OH is 1. The lowest BCUT2D eigenvalue weighted by Crippen LogP contribution is -2.46. The predicted octanol–water partition coefficient (Wildman–Crippen LogP) is 1.08. The molecule has 2 rings (SSSR count). The number of hydrogen-bond acceptors (Lipinski definition) is 5. The van der Waals surface area contributed by atoms with Crippen molar-refractivity contribution >= 4 is 16.5 Å². The number of rotatable bonds is 4. The van der Waals surface area contributed by atoms with Gasteiger partial charge in [0.2, 0.25) is 0 Å². The second-order valence-electron chi connectivity index (χ2n) is 4.33. The monoisotopic (exact) mass is 241 g/mol. The van der Waals surface area contributed by atoms with Gasteiger partial charge in [-0.2, -0.15) is 0 Å². The molecule has 2 heterocycles. The summed E-state index contributed by atoms with van der Waals surface area (Å²) in [5, 5.41) is 15.6. The van der Waals surface area contributed by atoms with Crippen LogP contribution < -0.4 is 10.2 Å². The normalized spacial score (nSPS) is 20.0. The fourth-order valence-corrected chi connectivity index (χ4v) is 2.76. The quantitative estimate of drug-likeness (QED) is 0.828. The Labute approximate surface area is 100 Å². The Morgan fingerprint density at radius 2 is 2.38 bits per heavy atom. The molecule has 0 spiro atoms. The fourth-order valence-electron chi connectivity index (χ4n) is 2.06. The van der Waals surface area contributed by atoms with Crippen LogP contribution in [0.15, 0.2) is 11.6 Å². The van der Waals surface area contributed by atoms with Gasteiger partial charge in [0, 0.05) is 36.8 Å². The maximum Gasteiger partial charge on any atom is 0.185 e. The van der Waals surface area contributed by atoms with Crippen LogP contribution in [0.5, 0.6) is 0 Å². The van der Waals surface area contributed by atoms with Crippen molar-refractivity contribution in [1.82, 2.24) is 10.3 Å². The first-order chi connectivity index (χ1) is 7.79. The SMILES string of the molecule is C[C@@H](CO)NC1CCN(c2nccs2)CC1. The zero-order valence-corrected chi connectivity index (χ0v) is 10.4. The first-order valence-corrected chi connectivity index (χ1v) is 6.69. The molecule has 1 aromatic heterocycles. The van der Waals surface area contributed by atoms with Gasteiger partial charge in [-0.15, -0.1) is 11.3 Å². The standard InChI is InChI=1S/C11H19N3OS/c1-9(8-15)13-10-2-5-14(6-3-10)11-12-4-7-16-11/h4,7,9-10,13,15H,2-3,5-6,8H2,1H3/t9-/m0/s1. The first-order valence-electron chi connectivity index (χ1n) is 5.81. The number of piperidine rings is 1. The highest BCUT2D eigenvalue weighted by Gasteiger charge is 2.21. The molecule has 0 radical (unpaired) electrons. The largest absolute Gasteiger partial charge is 0.395 e. The Bertz CT molecular complexity index is 296. The Morgan fingerprint density at radius 3 is 2.94 bits per heavy atom. The fraction of sp³-hybridized carbons (Fsp3) is 0.727. The second kappa shape index (κ2) is 5.61. The van der Waals surface area contributed by atoms with Crippen molar-refractivity contribution in [3.8, 4) is 0 Å². The van der Waals surface area contributed by atoms with E-state index in [9.17, 15) is 0 Å². The molecule has 1 aromatic rings. The van der Waals surface area contributed by atoms with Crippen molar-refractivity contribution in [2.24, 2.45) is 0 Å². The Balaban J connectivity index is 1.78. The van der Waals surface area contributed by atoms with E-state index in [-0.39, 0.29) is 12.6 Å². The third-order valence-corrected chi connectivity index (χ3v) is 3.81. The summed E-state index contributed by atoms with van der Waals surface area (Å²) in [4.78, 5) is 6.67. The van der Waals surface area contributed by atoms with Gasteiger partial charge in [-0.1, -0.05) is 0 Å². The molecule has 4 nitrogen and oxygen atoms in total. The van der Waals surface area contributed by atoms with Gasteiger partial charge < -0.3 is 15.3 Å². The molecular weight excluding hydrogens is 222 g/mol. The lowest BCUT2D eigenvalue weighted by atomic mass is 10.0. The number of anilines is 1. The smallest absolute Gasteiger partial charge is 0.185 e. The van der Waals surface area contributed by atoms with E-state index in [1.165, 1.54) is 0 Å². The van der Waals surface area contributed by atoms with E-state index in [0.717, 1.165) is 31.1 Å². The predicted molar refractivity (Wildman–Crippen MR) is 67.0 cm³/mol. The number of hydrogen-bond donors (Lipinski definition) is 2. The highest BCUT2D eigenvalue weighted by molar-refractivity contribution is 7.13. The third-order valence-electron chi connectivity index (χ3n) is 2.98. The van der Waals surface area contributed by atoms with Crippen molar-refractivity contribution in [3.63, 3.8) is 0 Å². The van der Waals surface area contributed by atoms with Gasteiger partial charge in [-0.25, -0.2) is 4.98 Å². The minimum atomic E-state index is 0.205. The molecule has 2 N–H and O–H groups in total. The average Bonchev–Trinajstić information content (AvgIpc) is 2.83. The summed E-state index contributed by atoms with van der Waals surface area (Å²) in [5.74, 6) is 0. The molecule has 1 fully saturated rings. The van der Waals surface area contributed by atoms with Crippen molar-refractivity contribution in [2.45, 2.75) is 31.8 Å². The molecule has 1 atom stereocenters. The molecule has 1 saturated heterocycles. The molecule has 5 heteroatoms. The van der Waals surface area contributed by atoms with E-state index in [0.29, 0.717) is 6.04 Å². The number of aliphatic hydroxyl groups is 1. The minimum absolute atomic E-state index is 0.205. The summed E-state index contributed by atoms with van der Waals surface area (Å²) in [6, 6.07) is 0.745.